The first-order chi connectivity index (χ1) is 10.6. The minimum Gasteiger partial charge on any atom is -0.258 e. The monoisotopic (exact) mass is 358 g/mol. The van der Waals surface area contributed by atoms with Crippen molar-refractivity contribution in [3.63, 3.8) is 0 Å². The minimum atomic E-state index is -0.402. The molecule has 0 saturated carbocycles. The average Bonchev–Trinajstić information content (AvgIpc) is 2.96. The van der Waals surface area contributed by atoms with E-state index in [1.807, 2.05) is 37.3 Å². The number of nitro groups is 1. The maximum absolute atomic E-state index is 11.2. The van der Waals surface area contributed by atoms with E-state index in [4.69, 9.17) is 0 Å². The van der Waals surface area contributed by atoms with E-state index in [9.17, 15) is 10.1 Å². The maximum atomic E-state index is 11.2. The Balaban J connectivity index is 2.11. The van der Waals surface area contributed by atoms with Gasteiger partial charge in [0.2, 0.25) is 0 Å². The van der Waals surface area contributed by atoms with Gasteiger partial charge in [0.05, 0.1) is 22.4 Å². The molecule has 0 aliphatic heterocycles. The van der Waals surface area contributed by atoms with E-state index in [1.54, 1.807) is 16.9 Å². The molecule has 110 valence electrons. The summed E-state index contributed by atoms with van der Waals surface area (Å²) >= 11 is 3.40. The lowest BCUT2D eigenvalue weighted by Crippen LogP contribution is -1.94. The fraction of sp³-hybridized carbons (Fsp3) is 0.0667. The van der Waals surface area contributed by atoms with Crippen molar-refractivity contribution in [2.24, 2.45) is 0 Å². The van der Waals surface area contributed by atoms with Crippen LogP contribution in [0, 0.1) is 17.0 Å². The highest BCUT2D eigenvalue weighted by Gasteiger charge is 2.20. The Morgan fingerprint density at radius 1 is 1.23 bits per heavy atom. The average molecular weight is 359 g/mol. The quantitative estimate of drug-likeness (QED) is 0.525. The van der Waals surface area contributed by atoms with E-state index in [2.05, 4.69) is 26.2 Å². The van der Waals surface area contributed by atoms with Gasteiger partial charge in [-0.15, -0.1) is 5.10 Å². The van der Waals surface area contributed by atoms with Crippen LogP contribution in [-0.4, -0.2) is 19.9 Å². The highest BCUT2D eigenvalue weighted by Crippen LogP contribution is 2.31. The first-order valence-corrected chi connectivity index (χ1v) is 7.28. The molecule has 0 N–H and O–H groups in total. The summed E-state index contributed by atoms with van der Waals surface area (Å²) < 4.78 is 2.51. The number of hydrogen-bond acceptors (Lipinski definition) is 4. The standard InChI is InChI=1S/C15H11BrN4O2/c1-10-4-2-7-14(20(21)22)15(10)13-9-19(18-17-13)12-6-3-5-11(16)8-12/h2-9H,1H3. The second-order valence-corrected chi connectivity index (χ2v) is 5.67. The zero-order valence-corrected chi connectivity index (χ0v) is 13.2. The molecule has 22 heavy (non-hydrogen) atoms. The van der Waals surface area contributed by atoms with Gasteiger partial charge in [-0.25, -0.2) is 4.68 Å². The van der Waals surface area contributed by atoms with Crippen LogP contribution in [-0.2, 0) is 0 Å². The van der Waals surface area contributed by atoms with Crippen molar-refractivity contribution < 1.29 is 4.92 Å². The summed E-state index contributed by atoms with van der Waals surface area (Å²) in [4.78, 5) is 10.8. The van der Waals surface area contributed by atoms with Crippen LogP contribution in [0.4, 0.5) is 5.69 Å². The third kappa shape index (κ3) is 2.62. The Morgan fingerprint density at radius 3 is 2.73 bits per heavy atom. The highest BCUT2D eigenvalue weighted by molar-refractivity contribution is 9.10. The van der Waals surface area contributed by atoms with Crippen LogP contribution < -0.4 is 0 Å². The summed E-state index contributed by atoms with van der Waals surface area (Å²) in [5.41, 5.74) is 2.61. The Kier molecular flexibility index (Phi) is 3.72. The molecule has 0 spiro atoms. The third-order valence-corrected chi connectivity index (χ3v) is 3.76. The number of nitrogens with zero attached hydrogens (tertiary/aromatic N) is 4. The molecule has 3 rings (SSSR count). The molecule has 3 aromatic rings. The van der Waals surface area contributed by atoms with Crippen LogP contribution in [0.25, 0.3) is 16.9 Å². The SMILES string of the molecule is Cc1cccc([N+](=O)[O-])c1-c1cn(-c2cccc(Br)c2)nn1. The van der Waals surface area contributed by atoms with E-state index >= 15 is 0 Å². The van der Waals surface area contributed by atoms with E-state index in [0.29, 0.717) is 11.3 Å². The number of nitro benzene ring substituents is 1. The minimum absolute atomic E-state index is 0.0290. The van der Waals surface area contributed by atoms with Gasteiger partial charge in [0.25, 0.3) is 5.69 Å². The van der Waals surface area contributed by atoms with Crippen molar-refractivity contribution in [2.75, 3.05) is 0 Å². The molecule has 6 nitrogen and oxygen atoms in total. The predicted octanol–water partition coefficient (Wildman–Crippen LogP) is 3.91. The fourth-order valence-corrected chi connectivity index (χ4v) is 2.65. The van der Waals surface area contributed by atoms with Crippen LogP contribution in [0.1, 0.15) is 5.56 Å². The van der Waals surface area contributed by atoms with Crippen LogP contribution in [0.2, 0.25) is 0 Å². The van der Waals surface area contributed by atoms with Gasteiger partial charge in [-0.2, -0.15) is 0 Å². The molecule has 0 radical (unpaired) electrons. The molecule has 1 aromatic heterocycles. The summed E-state index contributed by atoms with van der Waals surface area (Å²) in [7, 11) is 0. The van der Waals surface area contributed by atoms with Crippen LogP contribution in [0.3, 0.4) is 0 Å². The molecule has 2 aromatic carbocycles. The summed E-state index contributed by atoms with van der Waals surface area (Å²) in [6, 6.07) is 12.5. The van der Waals surface area contributed by atoms with Crippen molar-refractivity contribution in [2.45, 2.75) is 6.92 Å². The van der Waals surface area contributed by atoms with Crippen molar-refractivity contribution in [1.82, 2.24) is 15.0 Å². The first kappa shape index (κ1) is 14.4. The topological polar surface area (TPSA) is 73.8 Å². The molecule has 0 aliphatic rings. The molecule has 0 amide bonds. The van der Waals surface area contributed by atoms with E-state index in [0.717, 1.165) is 15.7 Å². The Morgan fingerprint density at radius 2 is 2.00 bits per heavy atom. The second kappa shape index (κ2) is 5.69. The molecule has 1 heterocycles. The van der Waals surface area contributed by atoms with Gasteiger partial charge < -0.3 is 0 Å². The van der Waals surface area contributed by atoms with Crippen molar-refractivity contribution in [3.8, 4) is 16.9 Å². The first-order valence-electron chi connectivity index (χ1n) is 6.49. The Labute approximate surface area is 134 Å². The molecule has 0 bridgehead atoms. The van der Waals surface area contributed by atoms with E-state index < -0.39 is 4.92 Å². The molecule has 0 saturated heterocycles. The van der Waals surface area contributed by atoms with Crippen LogP contribution in [0.5, 0.6) is 0 Å². The van der Waals surface area contributed by atoms with Gasteiger partial charge in [-0.3, -0.25) is 10.1 Å². The number of halogens is 1. The molecule has 0 fully saturated rings. The lowest BCUT2D eigenvalue weighted by Gasteiger charge is -2.03. The van der Waals surface area contributed by atoms with Gasteiger partial charge >= 0.3 is 0 Å². The lowest BCUT2D eigenvalue weighted by molar-refractivity contribution is -0.384. The number of aromatic nitrogens is 3. The number of aryl methyl sites for hydroxylation is 1. The van der Waals surface area contributed by atoms with E-state index in [-0.39, 0.29) is 5.69 Å². The summed E-state index contributed by atoms with van der Waals surface area (Å²) in [6.07, 6.45) is 1.69. The molecular formula is C15H11BrN4O2. The number of hydrogen-bond donors (Lipinski definition) is 0. The van der Waals surface area contributed by atoms with Gasteiger partial charge in [-0.1, -0.05) is 39.3 Å². The lowest BCUT2D eigenvalue weighted by atomic mass is 10.0. The van der Waals surface area contributed by atoms with Gasteiger partial charge in [-0.05, 0) is 30.7 Å². The van der Waals surface area contributed by atoms with Gasteiger partial charge in [0, 0.05) is 10.5 Å². The van der Waals surface area contributed by atoms with E-state index in [1.165, 1.54) is 6.07 Å². The smallest absolute Gasteiger partial charge is 0.258 e. The molecule has 7 heteroatoms. The number of rotatable bonds is 3. The Hall–Kier alpha value is -2.54. The van der Waals surface area contributed by atoms with Gasteiger partial charge in [0.1, 0.15) is 5.69 Å². The predicted molar refractivity (Wildman–Crippen MR) is 85.9 cm³/mol. The van der Waals surface area contributed by atoms with Crippen LogP contribution >= 0.6 is 15.9 Å². The zero-order valence-electron chi connectivity index (χ0n) is 11.6. The fourth-order valence-electron chi connectivity index (χ4n) is 2.26. The molecule has 0 unspecified atom stereocenters. The summed E-state index contributed by atoms with van der Waals surface area (Å²) in [6.45, 7) is 1.82. The molecule has 0 aliphatic carbocycles. The zero-order chi connectivity index (χ0) is 15.7. The van der Waals surface area contributed by atoms with Crippen molar-refractivity contribution in [1.29, 1.82) is 0 Å². The van der Waals surface area contributed by atoms with Crippen LogP contribution in [0.15, 0.2) is 53.1 Å². The Bertz CT molecular complexity index is 860. The van der Waals surface area contributed by atoms with Gasteiger partial charge in [0.15, 0.2) is 0 Å². The summed E-state index contributed by atoms with van der Waals surface area (Å²) in [5, 5.41) is 19.4. The maximum Gasteiger partial charge on any atom is 0.279 e. The number of benzene rings is 2. The largest absolute Gasteiger partial charge is 0.279 e. The third-order valence-electron chi connectivity index (χ3n) is 3.27. The molecule has 0 atom stereocenters. The summed E-state index contributed by atoms with van der Waals surface area (Å²) in [5.74, 6) is 0. The normalized spacial score (nSPS) is 10.6. The second-order valence-electron chi connectivity index (χ2n) is 4.75. The molecular weight excluding hydrogens is 348 g/mol. The highest BCUT2D eigenvalue weighted by atomic mass is 79.9. The van der Waals surface area contributed by atoms with Crippen molar-refractivity contribution >= 4 is 21.6 Å². The van der Waals surface area contributed by atoms with Crippen molar-refractivity contribution in [3.05, 3.63) is 68.8 Å².